The van der Waals surface area contributed by atoms with Crippen LogP contribution in [0.1, 0.15) is 12.0 Å². The summed E-state index contributed by atoms with van der Waals surface area (Å²) >= 11 is 1.26. The molecule has 0 aliphatic heterocycles. The number of ether oxygens (including phenoxy) is 1. The molecule has 0 unspecified atom stereocenters. The van der Waals surface area contributed by atoms with Crippen molar-refractivity contribution in [3.8, 4) is 11.4 Å². The second-order valence-electron chi connectivity index (χ2n) is 6.75. The van der Waals surface area contributed by atoms with Gasteiger partial charge in [-0.25, -0.2) is 8.42 Å². The van der Waals surface area contributed by atoms with Crippen molar-refractivity contribution >= 4 is 27.5 Å². The van der Waals surface area contributed by atoms with Gasteiger partial charge in [0.25, 0.3) is 0 Å². The Morgan fingerprint density at radius 1 is 1.13 bits per heavy atom. The third kappa shape index (κ3) is 7.11. The highest BCUT2D eigenvalue weighted by molar-refractivity contribution is 7.99. The molecule has 2 aromatic carbocycles. The second-order valence-corrected chi connectivity index (χ2v) is 9.88. The third-order valence-electron chi connectivity index (χ3n) is 4.38. The molecule has 1 N–H and O–H groups in total. The number of nitrogens with zero attached hydrogens (tertiary/aromatic N) is 3. The summed E-state index contributed by atoms with van der Waals surface area (Å²) in [7, 11) is -1.61. The lowest BCUT2D eigenvalue weighted by Crippen LogP contribution is -2.27. The van der Waals surface area contributed by atoms with Crippen molar-refractivity contribution in [3.63, 3.8) is 0 Å². The summed E-state index contributed by atoms with van der Waals surface area (Å²) in [5.74, 6) is 0.761. The SMILES string of the molecule is COc1ccc(-n2cnnc2SCC(=O)NCCCS(=O)(=O)Cc2ccccc2)cc1. The van der Waals surface area contributed by atoms with E-state index < -0.39 is 9.84 Å². The van der Waals surface area contributed by atoms with Gasteiger partial charge in [0.1, 0.15) is 12.1 Å². The van der Waals surface area contributed by atoms with Crippen molar-refractivity contribution in [3.05, 3.63) is 66.5 Å². The zero-order valence-corrected chi connectivity index (χ0v) is 18.7. The Balaban J connectivity index is 1.41. The van der Waals surface area contributed by atoms with Gasteiger partial charge in [0, 0.05) is 12.2 Å². The highest BCUT2D eigenvalue weighted by Gasteiger charge is 2.13. The van der Waals surface area contributed by atoms with Gasteiger partial charge in [-0.05, 0) is 36.2 Å². The predicted molar refractivity (Wildman–Crippen MR) is 120 cm³/mol. The molecule has 0 atom stereocenters. The van der Waals surface area contributed by atoms with E-state index in [2.05, 4.69) is 15.5 Å². The number of nitrogens with one attached hydrogen (secondary N) is 1. The average Bonchev–Trinajstić information content (AvgIpc) is 3.24. The fourth-order valence-corrected chi connectivity index (χ4v) is 5.03. The van der Waals surface area contributed by atoms with E-state index in [0.717, 1.165) is 17.0 Å². The summed E-state index contributed by atoms with van der Waals surface area (Å²) in [6.07, 6.45) is 1.95. The van der Waals surface area contributed by atoms with E-state index >= 15 is 0 Å². The van der Waals surface area contributed by atoms with Crippen LogP contribution in [0, 0.1) is 0 Å². The van der Waals surface area contributed by atoms with Crippen molar-refractivity contribution < 1.29 is 17.9 Å². The number of carbonyl (C=O) groups is 1. The van der Waals surface area contributed by atoms with Crippen LogP contribution >= 0.6 is 11.8 Å². The Morgan fingerprint density at radius 3 is 2.58 bits per heavy atom. The smallest absolute Gasteiger partial charge is 0.230 e. The summed E-state index contributed by atoms with van der Waals surface area (Å²) in [4.78, 5) is 12.1. The van der Waals surface area contributed by atoms with Crippen LogP contribution in [0.25, 0.3) is 5.69 Å². The van der Waals surface area contributed by atoms with Gasteiger partial charge in [-0.1, -0.05) is 42.1 Å². The standard InChI is InChI=1S/C21H24N4O4S2/c1-29-19-10-8-18(9-11-19)25-16-23-24-21(25)30-14-20(26)22-12-5-13-31(27,28)15-17-6-3-2-4-7-17/h2-4,6-11,16H,5,12-15H2,1H3,(H,22,26). The van der Waals surface area contributed by atoms with Crippen LogP contribution in [-0.4, -0.2) is 54.2 Å². The highest BCUT2D eigenvalue weighted by Crippen LogP contribution is 2.21. The number of hydrogen-bond acceptors (Lipinski definition) is 7. The van der Waals surface area contributed by atoms with E-state index in [0.29, 0.717) is 18.1 Å². The quantitative estimate of drug-likeness (QED) is 0.346. The fraction of sp³-hybridized carbons (Fsp3) is 0.286. The Hall–Kier alpha value is -2.85. The number of carbonyl (C=O) groups excluding carboxylic acids is 1. The van der Waals surface area contributed by atoms with Crippen LogP contribution in [0.2, 0.25) is 0 Å². The number of methoxy groups -OCH3 is 1. The zero-order valence-electron chi connectivity index (χ0n) is 17.1. The minimum Gasteiger partial charge on any atom is -0.497 e. The maximum absolute atomic E-state index is 12.2. The average molecular weight is 461 g/mol. The highest BCUT2D eigenvalue weighted by atomic mass is 32.2. The lowest BCUT2D eigenvalue weighted by molar-refractivity contribution is -0.118. The Labute approximate surface area is 186 Å². The Bertz CT molecular complexity index is 1080. The molecule has 0 aliphatic carbocycles. The molecule has 0 spiro atoms. The van der Waals surface area contributed by atoms with Crippen molar-refractivity contribution in [1.82, 2.24) is 20.1 Å². The van der Waals surface area contributed by atoms with E-state index in [1.165, 1.54) is 11.8 Å². The van der Waals surface area contributed by atoms with E-state index in [4.69, 9.17) is 4.74 Å². The molecule has 0 bridgehead atoms. The monoisotopic (exact) mass is 460 g/mol. The van der Waals surface area contributed by atoms with E-state index in [-0.39, 0.29) is 23.2 Å². The molecule has 1 amide bonds. The first kappa shape index (κ1) is 22.8. The van der Waals surface area contributed by atoms with Gasteiger partial charge in [0.05, 0.1) is 24.4 Å². The molecular weight excluding hydrogens is 436 g/mol. The molecular formula is C21H24N4O4S2. The normalized spacial score (nSPS) is 11.3. The number of thioether (sulfide) groups is 1. The third-order valence-corrected chi connectivity index (χ3v) is 7.01. The van der Waals surface area contributed by atoms with Gasteiger partial charge in [0.15, 0.2) is 15.0 Å². The minimum absolute atomic E-state index is 0.0126. The zero-order chi connectivity index (χ0) is 22.1. The topological polar surface area (TPSA) is 103 Å². The Kier molecular flexibility index (Phi) is 8.07. The molecule has 164 valence electrons. The van der Waals surface area contributed by atoms with Crippen LogP contribution in [-0.2, 0) is 20.4 Å². The van der Waals surface area contributed by atoms with Gasteiger partial charge in [-0.2, -0.15) is 0 Å². The fourth-order valence-electron chi connectivity index (χ4n) is 2.84. The van der Waals surface area contributed by atoms with Crippen LogP contribution in [0.3, 0.4) is 0 Å². The summed E-state index contributed by atoms with van der Waals surface area (Å²) in [5.41, 5.74) is 1.63. The summed E-state index contributed by atoms with van der Waals surface area (Å²) in [6, 6.07) is 16.5. The van der Waals surface area contributed by atoms with Crippen molar-refractivity contribution in [2.75, 3.05) is 25.2 Å². The van der Waals surface area contributed by atoms with E-state index in [1.807, 2.05) is 42.5 Å². The minimum atomic E-state index is -3.21. The molecule has 0 radical (unpaired) electrons. The number of hydrogen-bond donors (Lipinski definition) is 1. The van der Waals surface area contributed by atoms with Gasteiger partial charge in [0.2, 0.25) is 5.91 Å². The maximum Gasteiger partial charge on any atom is 0.230 e. The number of benzene rings is 2. The van der Waals surface area contributed by atoms with Gasteiger partial charge < -0.3 is 10.1 Å². The van der Waals surface area contributed by atoms with Gasteiger partial charge >= 0.3 is 0 Å². The molecule has 31 heavy (non-hydrogen) atoms. The van der Waals surface area contributed by atoms with Crippen LogP contribution in [0.4, 0.5) is 0 Å². The van der Waals surface area contributed by atoms with Crippen molar-refractivity contribution in [2.45, 2.75) is 17.3 Å². The molecule has 0 saturated carbocycles. The van der Waals surface area contributed by atoms with Gasteiger partial charge in [-0.3, -0.25) is 9.36 Å². The van der Waals surface area contributed by atoms with E-state index in [1.54, 1.807) is 30.1 Å². The molecule has 3 aromatic rings. The van der Waals surface area contributed by atoms with Gasteiger partial charge in [-0.15, -0.1) is 10.2 Å². The first-order chi connectivity index (χ1) is 15.0. The molecule has 0 aliphatic rings. The summed E-state index contributed by atoms with van der Waals surface area (Å²) in [5, 5.41) is 11.3. The van der Waals surface area contributed by atoms with Crippen LogP contribution in [0.5, 0.6) is 5.75 Å². The van der Waals surface area contributed by atoms with Crippen molar-refractivity contribution in [2.24, 2.45) is 0 Å². The Morgan fingerprint density at radius 2 is 1.87 bits per heavy atom. The number of aromatic nitrogens is 3. The lowest BCUT2D eigenvalue weighted by atomic mass is 10.2. The molecule has 0 fully saturated rings. The number of sulfone groups is 1. The molecule has 8 nitrogen and oxygen atoms in total. The number of rotatable bonds is 11. The number of amides is 1. The molecule has 1 heterocycles. The summed E-state index contributed by atoms with van der Waals surface area (Å²) < 4.78 is 31.3. The second kappa shape index (κ2) is 11.0. The van der Waals surface area contributed by atoms with Crippen molar-refractivity contribution in [1.29, 1.82) is 0 Å². The lowest BCUT2D eigenvalue weighted by Gasteiger charge is -2.08. The molecule has 3 rings (SSSR count). The first-order valence-electron chi connectivity index (χ1n) is 9.65. The predicted octanol–water partition coefficient (Wildman–Crippen LogP) is 2.49. The van der Waals surface area contributed by atoms with Crippen LogP contribution < -0.4 is 10.1 Å². The van der Waals surface area contributed by atoms with E-state index in [9.17, 15) is 13.2 Å². The maximum atomic E-state index is 12.2. The molecule has 10 heteroatoms. The molecule has 0 saturated heterocycles. The van der Waals surface area contributed by atoms with Crippen LogP contribution in [0.15, 0.2) is 66.1 Å². The first-order valence-corrected chi connectivity index (χ1v) is 12.5. The molecule has 1 aromatic heterocycles. The summed E-state index contributed by atoms with van der Waals surface area (Å²) in [6.45, 7) is 0.304. The largest absolute Gasteiger partial charge is 0.497 e.